The minimum Gasteiger partial charge on any atom is -0.312 e. The first kappa shape index (κ1) is 21.1. The normalized spacial score (nSPS) is 18.0. The maximum absolute atomic E-state index is 13.2. The molecule has 1 aliphatic carbocycles. The Hall–Kier alpha value is -2.18. The van der Waals surface area contributed by atoms with Crippen LogP contribution in [0.5, 0.6) is 0 Å². The van der Waals surface area contributed by atoms with E-state index in [0.717, 1.165) is 24.9 Å². The highest BCUT2D eigenvalue weighted by molar-refractivity contribution is 7.89. The highest BCUT2D eigenvalue weighted by atomic mass is 32.2. The van der Waals surface area contributed by atoms with Gasteiger partial charge in [0.1, 0.15) is 0 Å². The van der Waals surface area contributed by atoms with Gasteiger partial charge in [-0.25, -0.2) is 8.42 Å². The molecule has 2 aromatic rings. The van der Waals surface area contributed by atoms with Crippen molar-refractivity contribution in [3.8, 4) is 0 Å². The van der Waals surface area contributed by atoms with Crippen LogP contribution in [-0.4, -0.2) is 38.3 Å². The van der Waals surface area contributed by atoms with Crippen molar-refractivity contribution >= 4 is 21.6 Å². The summed E-state index contributed by atoms with van der Waals surface area (Å²) >= 11 is 0. The summed E-state index contributed by atoms with van der Waals surface area (Å²) in [6.45, 7) is 3.36. The zero-order chi connectivity index (χ0) is 21.1. The number of amides is 1. The van der Waals surface area contributed by atoms with Gasteiger partial charge in [-0.1, -0.05) is 24.3 Å². The van der Waals surface area contributed by atoms with Gasteiger partial charge in [-0.15, -0.1) is 0 Å². The standard InChI is InChI=1S/C24H30N2O3S/c1-2-26(22-10-4-3-5-11-22)24(27)20-14-16-25(17-15-20)30(28,29)23-13-12-19-8-6-7-9-21(19)18-23/h3-5,10-13,18,20H,2,6-9,14-17H2,1H3. The SMILES string of the molecule is CCN(C(=O)C1CCN(S(=O)(=O)c2ccc3c(c2)CCCC3)CC1)c1ccccc1. The second-order valence-electron chi connectivity index (χ2n) is 8.23. The fourth-order valence-electron chi connectivity index (χ4n) is 4.66. The van der Waals surface area contributed by atoms with Crippen LogP contribution in [0.4, 0.5) is 5.69 Å². The van der Waals surface area contributed by atoms with Gasteiger partial charge in [-0.2, -0.15) is 4.31 Å². The summed E-state index contributed by atoms with van der Waals surface area (Å²) in [5.74, 6) is -0.0466. The van der Waals surface area contributed by atoms with Crippen LogP contribution in [0, 0.1) is 5.92 Å². The summed E-state index contributed by atoms with van der Waals surface area (Å²) < 4.78 is 27.9. The monoisotopic (exact) mass is 426 g/mol. The number of benzene rings is 2. The molecule has 0 saturated carbocycles. The second-order valence-corrected chi connectivity index (χ2v) is 10.2. The van der Waals surface area contributed by atoms with Gasteiger partial charge in [0, 0.05) is 31.2 Å². The molecule has 0 spiro atoms. The first-order valence-electron chi connectivity index (χ1n) is 11.0. The molecule has 30 heavy (non-hydrogen) atoms. The molecular weight excluding hydrogens is 396 g/mol. The molecule has 6 heteroatoms. The molecule has 0 N–H and O–H groups in total. The third-order valence-electron chi connectivity index (χ3n) is 6.41. The number of hydrogen-bond acceptors (Lipinski definition) is 3. The van der Waals surface area contributed by atoms with Gasteiger partial charge >= 0.3 is 0 Å². The van der Waals surface area contributed by atoms with E-state index in [-0.39, 0.29) is 11.8 Å². The average molecular weight is 427 g/mol. The van der Waals surface area contributed by atoms with Crippen molar-refractivity contribution in [3.63, 3.8) is 0 Å². The average Bonchev–Trinajstić information content (AvgIpc) is 2.80. The zero-order valence-electron chi connectivity index (χ0n) is 17.6. The Morgan fingerprint density at radius 1 is 1.00 bits per heavy atom. The molecule has 0 bridgehead atoms. The van der Waals surface area contributed by atoms with Crippen LogP contribution in [0.1, 0.15) is 43.7 Å². The topological polar surface area (TPSA) is 57.7 Å². The fraction of sp³-hybridized carbons (Fsp3) is 0.458. The minimum absolute atomic E-state index is 0.0922. The molecule has 0 atom stereocenters. The van der Waals surface area contributed by atoms with Crippen LogP contribution in [0.25, 0.3) is 0 Å². The number of rotatable bonds is 5. The van der Waals surface area contributed by atoms with Crippen molar-refractivity contribution in [2.24, 2.45) is 5.92 Å². The van der Waals surface area contributed by atoms with E-state index in [9.17, 15) is 13.2 Å². The minimum atomic E-state index is -3.51. The zero-order valence-corrected chi connectivity index (χ0v) is 18.4. The van der Waals surface area contributed by atoms with Crippen LogP contribution in [0.2, 0.25) is 0 Å². The van der Waals surface area contributed by atoms with Gasteiger partial charge in [0.2, 0.25) is 15.9 Å². The van der Waals surface area contributed by atoms with E-state index in [2.05, 4.69) is 0 Å². The Morgan fingerprint density at radius 3 is 2.33 bits per heavy atom. The van der Waals surface area contributed by atoms with Crippen LogP contribution in [-0.2, 0) is 27.7 Å². The maximum atomic E-state index is 13.2. The van der Waals surface area contributed by atoms with E-state index in [0.29, 0.717) is 37.4 Å². The van der Waals surface area contributed by atoms with Crippen LogP contribution in [0.15, 0.2) is 53.4 Å². The molecule has 160 valence electrons. The number of carbonyl (C=O) groups excluding carboxylic acids is 1. The molecule has 0 aromatic heterocycles. The maximum Gasteiger partial charge on any atom is 0.243 e. The molecule has 2 aromatic carbocycles. The van der Waals surface area contributed by atoms with Crippen LogP contribution >= 0.6 is 0 Å². The number of hydrogen-bond donors (Lipinski definition) is 0. The van der Waals surface area contributed by atoms with Gasteiger partial charge < -0.3 is 4.90 Å². The van der Waals surface area contributed by atoms with Crippen LogP contribution in [0.3, 0.4) is 0 Å². The summed E-state index contributed by atoms with van der Waals surface area (Å²) in [4.78, 5) is 15.3. The third kappa shape index (κ3) is 4.16. The quantitative estimate of drug-likeness (QED) is 0.726. The lowest BCUT2D eigenvalue weighted by Crippen LogP contribution is -2.44. The predicted molar refractivity (Wildman–Crippen MR) is 119 cm³/mol. The molecule has 5 nitrogen and oxygen atoms in total. The number of anilines is 1. The number of nitrogens with zero attached hydrogens (tertiary/aromatic N) is 2. The Bertz CT molecular complexity index is 996. The Labute approximate surface area is 179 Å². The predicted octanol–water partition coefficient (Wildman–Crippen LogP) is 4.02. The molecular formula is C24H30N2O3S. The molecule has 1 fully saturated rings. The van der Waals surface area contributed by atoms with Gasteiger partial charge in [0.05, 0.1) is 4.90 Å². The summed E-state index contributed by atoms with van der Waals surface area (Å²) in [5.41, 5.74) is 3.35. The summed E-state index contributed by atoms with van der Waals surface area (Å²) in [6.07, 6.45) is 5.43. The number of sulfonamides is 1. The highest BCUT2D eigenvalue weighted by Gasteiger charge is 2.34. The van der Waals surface area contributed by atoms with E-state index in [1.807, 2.05) is 49.4 Å². The summed E-state index contributed by atoms with van der Waals surface area (Å²) in [5, 5.41) is 0. The lowest BCUT2D eigenvalue weighted by atomic mass is 9.92. The van der Waals surface area contributed by atoms with E-state index >= 15 is 0 Å². The van der Waals surface area contributed by atoms with Crippen molar-refractivity contribution in [1.29, 1.82) is 0 Å². The van der Waals surface area contributed by atoms with E-state index in [4.69, 9.17) is 0 Å². The number of aryl methyl sites for hydroxylation is 2. The largest absolute Gasteiger partial charge is 0.312 e. The van der Waals surface area contributed by atoms with Crippen molar-refractivity contribution in [2.75, 3.05) is 24.5 Å². The first-order chi connectivity index (χ1) is 14.5. The van der Waals surface area contributed by atoms with E-state index < -0.39 is 10.0 Å². The third-order valence-corrected chi connectivity index (χ3v) is 8.31. The molecule has 2 aliphatic rings. The lowest BCUT2D eigenvalue weighted by Gasteiger charge is -2.33. The van der Waals surface area contributed by atoms with Crippen molar-refractivity contribution in [1.82, 2.24) is 4.31 Å². The number of carbonyl (C=O) groups is 1. The first-order valence-corrected chi connectivity index (χ1v) is 12.4. The molecule has 1 heterocycles. The van der Waals surface area contributed by atoms with Crippen molar-refractivity contribution in [3.05, 3.63) is 59.7 Å². The summed E-state index contributed by atoms with van der Waals surface area (Å²) in [7, 11) is -3.51. The molecule has 1 amide bonds. The van der Waals surface area contributed by atoms with Crippen molar-refractivity contribution in [2.45, 2.75) is 50.3 Å². The Balaban J connectivity index is 1.44. The van der Waals surface area contributed by atoms with Gasteiger partial charge in [0.15, 0.2) is 0 Å². The highest BCUT2D eigenvalue weighted by Crippen LogP contribution is 2.29. The van der Waals surface area contributed by atoms with Gasteiger partial charge in [0.25, 0.3) is 0 Å². The van der Waals surface area contributed by atoms with Gasteiger partial charge in [-0.05, 0) is 80.8 Å². The molecule has 1 aliphatic heterocycles. The van der Waals surface area contributed by atoms with Crippen LogP contribution < -0.4 is 4.90 Å². The molecule has 4 rings (SSSR count). The molecule has 0 unspecified atom stereocenters. The van der Waals surface area contributed by atoms with E-state index in [1.54, 1.807) is 15.3 Å². The van der Waals surface area contributed by atoms with E-state index in [1.165, 1.54) is 17.5 Å². The number of para-hydroxylation sites is 1. The smallest absolute Gasteiger partial charge is 0.243 e. The summed E-state index contributed by atoms with van der Waals surface area (Å²) in [6, 6.07) is 15.3. The Morgan fingerprint density at radius 2 is 1.67 bits per heavy atom. The Kier molecular flexibility index (Phi) is 6.25. The fourth-order valence-corrected chi connectivity index (χ4v) is 6.18. The van der Waals surface area contributed by atoms with Crippen molar-refractivity contribution < 1.29 is 13.2 Å². The molecule has 1 saturated heterocycles. The number of piperidine rings is 1. The van der Waals surface area contributed by atoms with Gasteiger partial charge in [-0.3, -0.25) is 4.79 Å². The second kappa shape index (κ2) is 8.90. The molecule has 0 radical (unpaired) electrons. The number of fused-ring (bicyclic) bond motifs is 1. The lowest BCUT2D eigenvalue weighted by molar-refractivity contribution is -0.123.